The van der Waals surface area contributed by atoms with Crippen LogP contribution in [0.25, 0.3) is 0 Å². The zero-order valence-electron chi connectivity index (χ0n) is 11.4. The highest BCUT2D eigenvalue weighted by molar-refractivity contribution is 8.00. The molecule has 0 radical (unpaired) electrons. The first-order chi connectivity index (χ1) is 9.00. The van der Waals surface area contributed by atoms with Gasteiger partial charge >= 0.3 is 12.0 Å². The van der Waals surface area contributed by atoms with E-state index in [4.69, 9.17) is 5.11 Å². The van der Waals surface area contributed by atoms with Crippen molar-refractivity contribution in [1.82, 2.24) is 10.2 Å². The Hall–Kier alpha value is -0.910. The minimum absolute atomic E-state index is 0.0439. The number of rotatable bonds is 3. The molecule has 1 atom stereocenters. The monoisotopic (exact) mass is 286 g/mol. The number of likely N-dealkylation sites (tertiary alicyclic amines) is 1. The van der Waals surface area contributed by atoms with E-state index in [0.717, 1.165) is 6.42 Å². The molecule has 2 aliphatic heterocycles. The van der Waals surface area contributed by atoms with Crippen LogP contribution in [0.4, 0.5) is 4.79 Å². The zero-order valence-corrected chi connectivity index (χ0v) is 12.2. The van der Waals surface area contributed by atoms with Crippen LogP contribution in [0, 0.1) is 5.92 Å². The van der Waals surface area contributed by atoms with Gasteiger partial charge in [-0.15, -0.1) is 0 Å². The molecule has 0 aromatic carbocycles. The second kappa shape index (κ2) is 6.03. The molecule has 6 heteroatoms. The lowest BCUT2D eigenvalue weighted by atomic mass is 9.97. The third-order valence-corrected chi connectivity index (χ3v) is 5.58. The molecule has 5 nitrogen and oxygen atoms in total. The third kappa shape index (κ3) is 3.78. The number of carbonyl (C=O) groups excluding carboxylic acids is 1. The summed E-state index contributed by atoms with van der Waals surface area (Å²) in [6.07, 6.45) is 3.50. The standard InChI is InChI=1S/C13H22N2O3S/c1-13(5-2-8-19-13)9-14-12(18)15-6-3-10(4-7-15)11(16)17/h10H,2-9H2,1H3,(H,14,18)(H,16,17). The highest BCUT2D eigenvalue weighted by Crippen LogP contribution is 2.37. The maximum absolute atomic E-state index is 12.0. The van der Waals surface area contributed by atoms with Gasteiger partial charge in [0.2, 0.25) is 0 Å². The first kappa shape index (κ1) is 14.5. The summed E-state index contributed by atoms with van der Waals surface area (Å²) in [4.78, 5) is 24.6. The molecule has 2 heterocycles. The summed E-state index contributed by atoms with van der Waals surface area (Å²) in [5.74, 6) is 0.151. The predicted molar refractivity (Wildman–Crippen MR) is 75.4 cm³/mol. The number of carboxylic acid groups (broad SMARTS) is 1. The van der Waals surface area contributed by atoms with Crippen molar-refractivity contribution in [1.29, 1.82) is 0 Å². The van der Waals surface area contributed by atoms with Gasteiger partial charge in [-0.2, -0.15) is 11.8 Å². The van der Waals surface area contributed by atoms with Crippen molar-refractivity contribution < 1.29 is 14.7 Å². The van der Waals surface area contributed by atoms with E-state index in [1.54, 1.807) is 4.90 Å². The van der Waals surface area contributed by atoms with Gasteiger partial charge in [0.15, 0.2) is 0 Å². The van der Waals surface area contributed by atoms with Gasteiger partial charge in [0.25, 0.3) is 0 Å². The number of carbonyl (C=O) groups is 2. The van der Waals surface area contributed by atoms with Gasteiger partial charge in [-0.25, -0.2) is 4.79 Å². The molecule has 2 fully saturated rings. The first-order valence-electron chi connectivity index (χ1n) is 6.90. The molecule has 2 aliphatic rings. The molecule has 19 heavy (non-hydrogen) atoms. The lowest BCUT2D eigenvalue weighted by molar-refractivity contribution is -0.143. The van der Waals surface area contributed by atoms with Crippen LogP contribution < -0.4 is 5.32 Å². The SMILES string of the molecule is CC1(CNC(=O)N2CCC(C(=O)O)CC2)CCCS1. The number of piperidine rings is 1. The summed E-state index contributed by atoms with van der Waals surface area (Å²) >= 11 is 1.93. The van der Waals surface area contributed by atoms with Crippen molar-refractivity contribution in [2.24, 2.45) is 5.92 Å². The van der Waals surface area contributed by atoms with Gasteiger partial charge in [0.05, 0.1) is 5.92 Å². The Kier molecular flexibility index (Phi) is 4.60. The third-order valence-electron chi connectivity index (χ3n) is 4.05. The van der Waals surface area contributed by atoms with Crippen LogP contribution in [0.1, 0.15) is 32.6 Å². The average Bonchev–Trinajstić information content (AvgIpc) is 2.83. The summed E-state index contributed by atoms with van der Waals surface area (Å²) < 4.78 is 0.176. The summed E-state index contributed by atoms with van der Waals surface area (Å²) in [5, 5.41) is 11.9. The Labute approximate surface area is 118 Å². The molecule has 0 spiro atoms. The van der Waals surface area contributed by atoms with E-state index < -0.39 is 5.97 Å². The molecule has 2 saturated heterocycles. The second-order valence-corrected chi connectivity index (χ2v) is 7.34. The smallest absolute Gasteiger partial charge is 0.317 e. The van der Waals surface area contributed by atoms with Gasteiger partial charge in [0, 0.05) is 24.4 Å². The van der Waals surface area contributed by atoms with Crippen LogP contribution >= 0.6 is 11.8 Å². The molecule has 1 unspecified atom stereocenters. The van der Waals surface area contributed by atoms with E-state index >= 15 is 0 Å². The lowest BCUT2D eigenvalue weighted by Gasteiger charge is -2.31. The van der Waals surface area contributed by atoms with Gasteiger partial charge in [-0.1, -0.05) is 0 Å². The Morgan fingerprint density at radius 1 is 1.42 bits per heavy atom. The Morgan fingerprint density at radius 3 is 2.63 bits per heavy atom. The second-order valence-electron chi connectivity index (χ2n) is 5.66. The topological polar surface area (TPSA) is 69.6 Å². The minimum Gasteiger partial charge on any atom is -0.481 e. The summed E-state index contributed by atoms with van der Waals surface area (Å²) in [7, 11) is 0. The summed E-state index contributed by atoms with van der Waals surface area (Å²) in [6, 6.07) is -0.0439. The number of hydrogen-bond donors (Lipinski definition) is 2. The van der Waals surface area contributed by atoms with Crippen LogP contribution in [0.5, 0.6) is 0 Å². The van der Waals surface area contributed by atoms with Crippen LogP contribution in [-0.2, 0) is 4.79 Å². The van der Waals surface area contributed by atoms with Gasteiger partial charge in [-0.3, -0.25) is 4.79 Å². The van der Waals surface area contributed by atoms with Crippen molar-refractivity contribution in [2.75, 3.05) is 25.4 Å². The largest absolute Gasteiger partial charge is 0.481 e. The number of carboxylic acids is 1. The Balaban J connectivity index is 1.74. The maximum Gasteiger partial charge on any atom is 0.317 e. The molecular weight excluding hydrogens is 264 g/mol. The normalized spacial score (nSPS) is 28.4. The van der Waals surface area contributed by atoms with Gasteiger partial charge in [-0.05, 0) is 38.4 Å². The van der Waals surface area contributed by atoms with E-state index in [9.17, 15) is 9.59 Å². The van der Waals surface area contributed by atoms with Crippen LogP contribution in [-0.4, -0.2) is 52.1 Å². The van der Waals surface area contributed by atoms with Crippen LogP contribution in [0.3, 0.4) is 0 Å². The van der Waals surface area contributed by atoms with Crippen LogP contribution in [0.15, 0.2) is 0 Å². The molecule has 2 rings (SSSR count). The summed E-state index contributed by atoms with van der Waals surface area (Å²) in [5.41, 5.74) is 0. The van der Waals surface area contributed by atoms with Gasteiger partial charge < -0.3 is 15.3 Å². The average molecular weight is 286 g/mol. The fourth-order valence-electron chi connectivity index (χ4n) is 2.68. The Morgan fingerprint density at radius 2 is 2.11 bits per heavy atom. The fourth-order valence-corrected chi connectivity index (χ4v) is 3.92. The number of nitrogens with zero attached hydrogens (tertiary/aromatic N) is 1. The van der Waals surface area contributed by atoms with Gasteiger partial charge in [0.1, 0.15) is 0 Å². The van der Waals surface area contributed by atoms with Crippen molar-refractivity contribution in [3.8, 4) is 0 Å². The lowest BCUT2D eigenvalue weighted by Crippen LogP contribution is -2.48. The van der Waals surface area contributed by atoms with E-state index in [1.165, 1.54) is 12.2 Å². The molecule has 0 aliphatic carbocycles. The van der Waals surface area contributed by atoms with E-state index in [2.05, 4.69) is 12.2 Å². The molecule has 0 aromatic heterocycles. The number of amides is 2. The fraction of sp³-hybridized carbons (Fsp3) is 0.846. The molecule has 0 aromatic rings. The molecule has 0 bridgehead atoms. The quantitative estimate of drug-likeness (QED) is 0.829. The summed E-state index contributed by atoms with van der Waals surface area (Å²) in [6.45, 7) is 4.00. The van der Waals surface area contributed by atoms with Crippen molar-refractivity contribution >= 4 is 23.8 Å². The molecule has 108 valence electrons. The number of hydrogen-bond acceptors (Lipinski definition) is 3. The van der Waals surface area contributed by atoms with Crippen molar-refractivity contribution in [2.45, 2.75) is 37.4 Å². The first-order valence-corrected chi connectivity index (χ1v) is 7.88. The highest BCUT2D eigenvalue weighted by Gasteiger charge is 2.31. The van der Waals surface area contributed by atoms with Crippen LogP contribution in [0.2, 0.25) is 0 Å². The molecule has 2 amide bonds. The number of aliphatic carboxylic acids is 1. The van der Waals surface area contributed by atoms with E-state index in [1.807, 2.05) is 11.8 Å². The minimum atomic E-state index is -0.741. The predicted octanol–water partition coefficient (Wildman–Crippen LogP) is 1.78. The van der Waals surface area contributed by atoms with E-state index in [0.29, 0.717) is 32.5 Å². The number of nitrogens with one attached hydrogen (secondary N) is 1. The number of urea groups is 1. The highest BCUT2D eigenvalue weighted by atomic mass is 32.2. The molecule has 2 N–H and O–H groups in total. The maximum atomic E-state index is 12.0. The number of thioether (sulfide) groups is 1. The zero-order chi connectivity index (χ0) is 13.9. The molecule has 0 saturated carbocycles. The van der Waals surface area contributed by atoms with E-state index in [-0.39, 0.29) is 16.7 Å². The molecular formula is C13H22N2O3S. The van der Waals surface area contributed by atoms with Crippen molar-refractivity contribution in [3.05, 3.63) is 0 Å². The van der Waals surface area contributed by atoms with Crippen molar-refractivity contribution in [3.63, 3.8) is 0 Å². The Bertz CT molecular complexity index is 348.